The maximum absolute atomic E-state index is 12.6. The van der Waals surface area contributed by atoms with E-state index in [0.717, 1.165) is 24.7 Å². The van der Waals surface area contributed by atoms with Crippen molar-refractivity contribution in [1.29, 1.82) is 0 Å². The van der Waals surface area contributed by atoms with E-state index in [0.29, 0.717) is 4.90 Å². The van der Waals surface area contributed by atoms with Crippen molar-refractivity contribution in [3.8, 4) is 0 Å². The zero-order chi connectivity index (χ0) is 18.1. The molecule has 1 aromatic carbocycles. The lowest BCUT2D eigenvalue weighted by molar-refractivity contribution is 0.180. The Bertz CT molecular complexity index is 848. The maximum atomic E-state index is 12.6. The molecule has 0 amide bonds. The molecular formula is C19H26N4O2S. The average molecular weight is 375 g/mol. The van der Waals surface area contributed by atoms with Crippen LogP contribution in [0.1, 0.15) is 19.3 Å². The molecule has 2 fully saturated rings. The standard InChI is InChI=1S/C19H26N4O2S/c1-21-15-19(11-20-21)26(24,25)18-7-5-17(6-8-18)23-13-16(14-23)12-22-9-3-2-4-10-22/h5-8,11,15-16H,2-4,9-10,12-14H2,1H3. The molecule has 7 heteroatoms. The third-order valence-electron chi connectivity index (χ3n) is 5.43. The minimum atomic E-state index is -3.49. The van der Waals surface area contributed by atoms with Crippen LogP contribution in [-0.2, 0) is 16.9 Å². The number of rotatable bonds is 5. The largest absolute Gasteiger partial charge is 0.371 e. The lowest BCUT2D eigenvalue weighted by atomic mass is 9.97. The zero-order valence-electron chi connectivity index (χ0n) is 15.2. The Balaban J connectivity index is 1.37. The molecule has 4 rings (SSSR count). The van der Waals surface area contributed by atoms with Crippen molar-refractivity contribution in [3.05, 3.63) is 36.7 Å². The SMILES string of the molecule is Cn1cc(S(=O)(=O)c2ccc(N3CC(CN4CCCCC4)C3)cc2)cn1. The molecule has 140 valence electrons. The summed E-state index contributed by atoms with van der Waals surface area (Å²) in [6, 6.07) is 7.24. The quantitative estimate of drug-likeness (QED) is 0.803. The third kappa shape index (κ3) is 3.50. The normalized spacial score (nSPS) is 19.5. The van der Waals surface area contributed by atoms with E-state index in [-0.39, 0.29) is 4.90 Å². The zero-order valence-corrected chi connectivity index (χ0v) is 16.0. The first-order valence-electron chi connectivity index (χ1n) is 9.33. The fraction of sp³-hybridized carbons (Fsp3) is 0.526. The molecule has 2 aromatic rings. The summed E-state index contributed by atoms with van der Waals surface area (Å²) in [7, 11) is -1.77. The van der Waals surface area contributed by atoms with Crippen LogP contribution in [-0.4, -0.2) is 55.8 Å². The van der Waals surface area contributed by atoms with Crippen molar-refractivity contribution in [2.75, 3.05) is 37.6 Å². The average Bonchev–Trinajstić information content (AvgIpc) is 3.06. The van der Waals surface area contributed by atoms with Gasteiger partial charge in [-0.15, -0.1) is 0 Å². The van der Waals surface area contributed by atoms with Gasteiger partial charge >= 0.3 is 0 Å². The highest BCUT2D eigenvalue weighted by Crippen LogP contribution is 2.28. The second kappa shape index (κ2) is 7.04. The number of sulfone groups is 1. The molecule has 0 unspecified atom stereocenters. The summed E-state index contributed by atoms with van der Waals surface area (Å²) in [6.07, 6.45) is 6.97. The van der Waals surface area contributed by atoms with Gasteiger partial charge in [0.15, 0.2) is 0 Å². The minimum Gasteiger partial charge on any atom is -0.371 e. The summed E-state index contributed by atoms with van der Waals surface area (Å²) < 4.78 is 26.7. The Morgan fingerprint density at radius 1 is 1.04 bits per heavy atom. The van der Waals surface area contributed by atoms with Gasteiger partial charge in [0.05, 0.1) is 11.1 Å². The molecule has 0 aliphatic carbocycles. The number of hydrogen-bond donors (Lipinski definition) is 0. The van der Waals surface area contributed by atoms with Crippen LogP contribution >= 0.6 is 0 Å². The van der Waals surface area contributed by atoms with Crippen LogP contribution in [0.5, 0.6) is 0 Å². The molecule has 2 saturated heterocycles. The molecule has 6 nitrogen and oxygen atoms in total. The molecule has 2 aliphatic rings. The van der Waals surface area contributed by atoms with Gasteiger partial charge in [-0.3, -0.25) is 4.68 Å². The first kappa shape index (κ1) is 17.5. The van der Waals surface area contributed by atoms with E-state index < -0.39 is 9.84 Å². The monoisotopic (exact) mass is 374 g/mol. The Kier molecular flexibility index (Phi) is 4.75. The van der Waals surface area contributed by atoms with Crippen LogP contribution < -0.4 is 4.90 Å². The van der Waals surface area contributed by atoms with Crippen LogP contribution in [0.3, 0.4) is 0 Å². The van der Waals surface area contributed by atoms with Crippen LogP contribution in [0.15, 0.2) is 46.5 Å². The van der Waals surface area contributed by atoms with Crippen molar-refractivity contribution in [2.45, 2.75) is 29.1 Å². The summed E-state index contributed by atoms with van der Waals surface area (Å²) in [6.45, 7) is 5.81. The smallest absolute Gasteiger partial charge is 0.209 e. The van der Waals surface area contributed by atoms with Gasteiger partial charge < -0.3 is 9.80 Å². The van der Waals surface area contributed by atoms with E-state index in [1.54, 1.807) is 19.2 Å². The van der Waals surface area contributed by atoms with Gasteiger partial charge in [-0.2, -0.15) is 5.10 Å². The van der Waals surface area contributed by atoms with E-state index in [2.05, 4.69) is 14.9 Å². The third-order valence-corrected chi connectivity index (χ3v) is 7.15. The van der Waals surface area contributed by atoms with Gasteiger partial charge in [-0.25, -0.2) is 8.42 Å². The van der Waals surface area contributed by atoms with Crippen LogP contribution in [0, 0.1) is 5.92 Å². The number of nitrogens with zero attached hydrogens (tertiary/aromatic N) is 4. The number of aryl methyl sites for hydroxylation is 1. The van der Waals surface area contributed by atoms with Crippen molar-refractivity contribution in [1.82, 2.24) is 14.7 Å². The first-order valence-corrected chi connectivity index (χ1v) is 10.8. The van der Waals surface area contributed by atoms with Crippen molar-refractivity contribution in [2.24, 2.45) is 13.0 Å². The Morgan fingerprint density at radius 2 is 1.73 bits per heavy atom. The van der Waals surface area contributed by atoms with Crippen molar-refractivity contribution < 1.29 is 8.42 Å². The molecule has 0 bridgehead atoms. The number of anilines is 1. The summed E-state index contributed by atoms with van der Waals surface area (Å²) in [5.41, 5.74) is 1.10. The molecule has 0 saturated carbocycles. The molecule has 0 radical (unpaired) electrons. The fourth-order valence-electron chi connectivity index (χ4n) is 3.91. The molecule has 2 aliphatic heterocycles. The Hall–Kier alpha value is -1.86. The molecule has 0 spiro atoms. The number of likely N-dealkylation sites (tertiary alicyclic amines) is 1. The lowest BCUT2D eigenvalue weighted by Gasteiger charge is -2.44. The number of aromatic nitrogens is 2. The van der Waals surface area contributed by atoms with Crippen LogP contribution in [0.2, 0.25) is 0 Å². The van der Waals surface area contributed by atoms with Gasteiger partial charge in [-0.05, 0) is 50.2 Å². The van der Waals surface area contributed by atoms with Crippen LogP contribution in [0.4, 0.5) is 5.69 Å². The van der Waals surface area contributed by atoms with E-state index in [9.17, 15) is 8.42 Å². The van der Waals surface area contributed by atoms with Gasteiger partial charge in [0.25, 0.3) is 0 Å². The highest BCUT2D eigenvalue weighted by molar-refractivity contribution is 7.91. The van der Waals surface area contributed by atoms with Crippen molar-refractivity contribution in [3.63, 3.8) is 0 Å². The van der Waals surface area contributed by atoms with E-state index in [1.807, 2.05) is 12.1 Å². The fourth-order valence-corrected chi connectivity index (χ4v) is 5.16. The van der Waals surface area contributed by atoms with Crippen LogP contribution in [0.25, 0.3) is 0 Å². The molecule has 26 heavy (non-hydrogen) atoms. The van der Waals surface area contributed by atoms with Gasteiger partial charge in [0.2, 0.25) is 9.84 Å². The lowest BCUT2D eigenvalue weighted by Crippen LogP contribution is -2.52. The van der Waals surface area contributed by atoms with Gasteiger partial charge in [0.1, 0.15) is 4.90 Å². The maximum Gasteiger partial charge on any atom is 0.209 e. The summed E-state index contributed by atoms with van der Waals surface area (Å²) in [5, 5.41) is 3.96. The topological polar surface area (TPSA) is 58.4 Å². The Morgan fingerprint density at radius 3 is 2.35 bits per heavy atom. The van der Waals surface area contributed by atoms with Gasteiger partial charge in [-0.1, -0.05) is 6.42 Å². The number of piperidine rings is 1. The summed E-state index contributed by atoms with van der Waals surface area (Å²) in [4.78, 5) is 5.47. The van der Waals surface area contributed by atoms with E-state index >= 15 is 0 Å². The second-order valence-corrected chi connectivity index (χ2v) is 9.43. The van der Waals surface area contributed by atoms with Gasteiger partial charge in [0, 0.05) is 44.5 Å². The number of benzene rings is 1. The minimum absolute atomic E-state index is 0.235. The summed E-state index contributed by atoms with van der Waals surface area (Å²) in [5.74, 6) is 0.729. The molecule has 0 atom stereocenters. The molecular weight excluding hydrogens is 348 g/mol. The Labute approximate surface area is 155 Å². The predicted octanol–water partition coefficient (Wildman–Crippen LogP) is 2.17. The highest BCUT2D eigenvalue weighted by atomic mass is 32.2. The van der Waals surface area contributed by atoms with E-state index in [1.165, 1.54) is 56.0 Å². The first-order chi connectivity index (χ1) is 12.5. The molecule has 1 aromatic heterocycles. The highest BCUT2D eigenvalue weighted by Gasteiger charge is 2.29. The number of hydrogen-bond acceptors (Lipinski definition) is 5. The second-order valence-electron chi connectivity index (χ2n) is 7.48. The molecule has 0 N–H and O–H groups in total. The molecule has 3 heterocycles. The predicted molar refractivity (Wildman–Crippen MR) is 101 cm³/mol. The van der Waals surface area contributed by atoms with E-state index in [4.69, 9.17) is 0 Å². The summed E-state index contributed by atoms with van der Waals surface area (Å²) >= 11 is 0. The van der Waals surface area contributed by atoms with Crippen molar-refractivity contribution >= 4 is 15.5 Å².